The fourth-order valence-corrected chi connectivity index (χ4v) is 2.56. The van der Waals surface area contributed by atoms with E-state index >= 15 is 0 Å². The Morgan fingerprint density at radius 3 is 2.00 bits per heavy atom. The van der Waals surface area contributed by atoms with Crippen LogP contribution in [-0.2, 0) is 0 Å². The molecule has 0 aliphatic heterocycles. The second kappa shape index (κ2) is 3.09. The van der Waals surface area contributed by atoms with Gasteiger partial charge in [-0.2, -0.15) is 0 Å². The Hall–Kier alpha value is -0.510. The van der Waals surface area contributed by atoms with Crippen LogP contribution in [0, 0.1) is 12.5 Å². The van der Waals surface area contributed by atoms with Crippen LogP contribution in [0.2, 0.25) is 0 Å². The van der Waals surface area contributed by atoms with Gasteiger partial charge in [0.2, 0.25) is 5.54 Å². The van der Waals surface area contributed by atoms with Gasteiger partial charge in [0.1, 0.15) is 0 Å². The van der Waals surface area contributed by atoms with Crippen molar-refractivity contribution in [3.63, 3.8) is 0 Å². The molecular weight excluding hydrogens is 146 g/mol. The predicted molar refractivity (Wildman–Crippen MR) is 49.8 cm³/mol. The van der Waals surface area contributed by atoms with Gasteiger partial charge in [0.25, 0.3) is 0 Å². The van der Waals surface area contributed by atoms with E-state index in [0.29, 0.717) is 0 Å². The Morgan fingerprint density at radius 2 is 1.58 bits per heavy atom. The third-order valence-corrected chi connectivity index (χ3v) is 3.60. The Balaban J connectivity index is 1.98. The molecule has 0 atom stereocenters. The van der Waals surface area contributed by atoms with Crippen LogP contribution in [0.3, 0.4) is 0 Å². The fraction of sp³-hybridized carbons (Fsp3) is 0.909. The summed E-state index contributed by atoms with van der Waals surface area (Å²) in [5.41, 5.74) is 0.143. The maximum absolute atomic E-state index is 7.20. The lowest BCUT2D eigenvalue weighted by Crippen LogP contribution is -2.17. The van der Waals surface area contributed by atoms with E-state index < -0.39 is 0 Å². The first kappa shape index (κ1) is 8.10. The molecule has 2 rings (SSSR count). The summed E-state index contributed by atoms with van der Waals surface area (Å²) in [6.45, 7) is 7.20. The summed E-state index contributed by atoms with van der Waals surface area (Å²) in [6, 6.07) is 0. The van der Waals surface area contributed by atoms with Crippen molar-refractivity contribution < 1.29 is 0 Å². The van der Waals surface area contributed by atoms with Gasteiger partial charge in [-0.05, 0) is 12.8 Å². The average Bonchev–Trinajstić information content (AvgIpc) is 2.90. The van der Waals surface area contributed by atoms with E-state index in [1.165, 1.54) is 51.4 Å². The van der Waals surface area contributed by atoms with Crippen LogP contribution in [0.4, 0.5) is 0 Å². The van der Waals surface area contributed by atoms with Gasteiger partial charge in [0.05, 0.1) is 0 Å². The lowest BCUT2D eigenvalue weighted by Gasteiger charge is -2.14. The monoisotopic (exact) mass is 163 g/mol. The van der Waals surface area contributed by atoms with Gasteiger partial charge in [-0.25, -0.2) is 6.57 Å². The number of nitrogens with zero attached hydrogens (tertiary/aromatic N) is 1. The highest BCUT2D eigenvalue weighted by molar-refractivity contribution is 5.14. The molecule has 0 amide bonds. The normalized spacial score (nSPS) is 28.9. The highest BCUT2D eigenvalue weighted by Gasteiger charge is 2.56. The summed E-state index contributed by atoms with van der Waals surface area (Å²) in [4.78, 5) is 3.85. The lowest BCUT2D eigenvalue weighted by atomic mass is 9.90. The van der Waals surface area contributed by atoms with Crippen LogP contribution >= 0.6 is 0 Å². The molecule has 0 unspecified atom stereocenters. The third-order valence-electron chi connectivity index (χ3n) is 3.60. The molecule has 0 spiro atoms. The highest BCUT2D eigenvalue weighted by atomic mass is 14.9. The fourth-order valence-electron chi connectivity index (χ4n) is 2.56. The van der Waals surface area contributed by atoms with Gasteiger partial charge < -0.3 is 4.85 Å². The molecule has 0 radical (unpaired) electrons. The summed E-state index contributed by atoms with van der Waals surface area (Å²) in [5.74, 6) is 0.762. The van der Waals surface area contributed by atoms with Crippen molar-refractivity contribution in [3.8, 4) is 0 Å². The number of rotatable bonds is 1. The van der Waals surface area contributed by atoms with Gasteiger partial charge in [-0.1, -0.05) is 25.7 Å². The maximum Gasteiger partial charge on any atom is 0.236 e. The van der Waals surface area contributed by atoms with Crippen LogP contribution in [0.1, 0.15) is 51.4 Å². The second-order valence-corrected chi connectivity index (χ2v) is 4.40. The van der Waals surface area contributed by atoms with Crippen molar-refractivity contribution in [1.29, 1.82) is 0 Å². The van der Waals surface area contributed by atoms with E-state index in [1.807, 2.05) is 0 Å². The molecule has 2 fully saturated rings. The van der Waals surface area contributed by atoms with Crippen molar-refractivity contribution in [2.24, 2.45) is 5.92 Å². The lowest BCUT2D eigenvalue weighted by molar-refractivity contribution is 0.396. The van der Waals surface area contributed by atoms with Crippen LogP contribution in [0.5, 0.6) is 0 Å². The Morgan fingerprint density at radius 1 is 1.00 bits per heavy atom. The molecule has 0 N–H and O–H groups in total. The van der Waals surface area contributed by atoms with Crippen molar-refractivity contribution in [2.75, 3.05) is 0 Å². The van der Waals surface area contributed by atoms with E-state index in [4.69, 9.17) is 6.57 Å². The molecule has 0 bridgehead atoms. The minimum atomic E-state index is 0.143. The first-order valence-electron chi connectivity index (χ1n) is 5.26. The summed E-state index contributed by atoms with van der Waals surface area (Å²) in [7, 11) is 0. The molecule has 0 heterocycles. The first-order chi connectivity index (χ1) is 5.87. The zero-order valence-electron chi connectivity index (χ0n) is 7.68. The van der Waals surface area contributed by atoms with Crippen LogP contribution in [0.25, 0.3) is 4.85 Å². The summed E-state index contributed by atoms with van der Waals surface area (Å²) < 4.78 is 0. The minimum Gasteiger partial charge on any atom is -0.310 e. The van der Waals surface area contributed by atoms with Crippen molar-refractivity contribution in [2.45, 2.75) is 56.9 Å². The molecule has 2 saturated carbocycles. The van der Waals surface area contributed by atoms with Crippen LogP contribution < -0.4 is 0 Å². The smallest absolute Gasteiger partial charge is 0.236 e. The summed E-state index contributed by atoms with van der Waals surface area (Å²) >= 11 is 0. The molecule has 66 valence electrons. The van der Waals surface area contributed by atoms with E-state index in [0.717, 1.165) is 5.92 Å². The molecule has 1 nitrogen and oxygen atoms in total. The SMILES string of the molecule is [C-]#[N+]C1(C2CCCCCC2)CC1. The molecule has 0 aromatic carbocycles. The van der Waals surface area contributed by atoms with E-state index in [9.17, 15) is 0 Å². The highest BCUT2D eigenvalue weighted by Crippen LogP contribution is 2.50. The van der Waals surface area contributed by atoms with Gasteiger partial charge in [-0.15, -0.1) is 0 Å². The van der Waals surface area contributed by atoms with Crippen LogP contribution in [0.15, 0.2) is 0 Å². The Bertz CT molecular complexity index is 190. The maximum atomic E-state index is 7.20. The van der Waals surface area contributed by atoms with Gasteiger partial charge in [-0.3, -0.25) is 0 Å². The first-order valence-corrected chi connectivity index (χ1v) is 5.26. The van der Waals surface area contributed by atoms with Gasteiger partial charge >= 0.3 is 0 Å². The third kappa shape index (κ3) is 1.35. The predicted octanol–water partition coefficient (Wildman–Crippen LogP) is 3.41. The quantitative estimate of drug-likeness (QED) is 0.412. The zero-order chi connectivity index (χ0) is 8.44. The molecule has 0 aromatic heterocycles. The minimum absolute atomic E-state index is 0.143. The largest absolute Gasteiger partial charge is 0.310 e. The van der Waals surface area contributed by atoms with E-state index in [-0.39, 0.29) is 5.54 Å². The van der Waals surface area contributed by atoms with E-state index in [1.54, 1.807) is 0 Å². The molecule has 2 aliphatic carbocycles. The van der Waals surface area contributed by atoms with Crippen molar-refractivity contribution >= 4 is 0 Å². The molecule has 0 saturated heterocycles. The topological polar surface area (TPSA) is 4.36 Å². The molecular formula is C11H17N. The molecule has 1 heteroatoms. The van der Waals surface area contributed by atoms with Crippen molar-refractivity contribution in [3.05, 3.63) is 11.4 Å². The number of hydrogen-bond acceptors (Lipinski definition) is 0. The Kier molecular flexibility index (Phi) is 2.09. The van der Waals surface area contributed by atoms with E-state index in [2.05, 4.69) is 4.85 Å². The second-order valence-electron chi connectivity index (χ2n) is 4.40. The van der Waals surface area contributed by atoms with Gasteiger partial charge in [0, 0.05) is 18.8 Å². The average molecular weight is 163 g/mol. The molecule has 12 heavy (non-hydrogen) atoms. The van der Waals surface area contributed by atoms with Gasteiger partial charge in [0.15, 0.2) is 0 Å². The van der Waals surface area contributed by atoms with Crippen molar-refractivity contribution in [1.82, 2.24) is 0 Å². The molecule has 2 aliphatic rings. The summed E-state index contributed by atoms with van der Waals surface area (Å²) in [5, 5.41) is 0. The van der Waals surface area contributed by atoms with Crippen LogP contribution in [-0.4, -0.2) is 5.54 Å². The number of hydrogen-bond donors (Lipinski definition) is 0. The molecule has 0 aromatic rings. The summed E-state index contributed by atoms with van der Waals surface area (Å²) in [6.07, 6.45) is 10.6. The standard InChI is InChI=1S/C11H17N/c1-12-11(8-9-11)10-6-4-2-3-5-7-10/h10H,2-9H2. The Labute approximate surface area is 75.0 Å². The zero-order valence-corrected chi connectivity index (χ0v) is 7.68.